The van der Waals surface area contributed by atoms with E-state index in [2.05, 4.69) is 95.7 Å². The number of fused-ring (bicyclic) bond motifs is 5. The minimum absolute atomic E-state index is 0.492. The van der Waals surface area contributed by atoms with Crippen molar-refractivity contribution in [3.8, 4) is 0 Å². The predicted molar refractivity (Wildman–Crippen MR) is 115 cm³/mol. The minimum atomic E-state index is 0.492. The fourth-order valence-corrected chi connectivity index (χ4v) is 5.12. The quantitative estimate of drug-likeness (QED) is 0.290. The molecule has 26 heavy (non-hydrogen) atoms. The van der Waals surface area contributed by atoms with Crippen LogP contribution in [-0.2, 0) is 6.42 Å². The Morgan fingerprint density at radius 3 is 2.42 bits per heavy atom. The highest BCUT2D eigenvalue weighted by molar-refractivity contribution is 9.10. The van der Waals surface area contributed by atoms with Gasteiger partial charge in [-0.3, -0.25) is 0 Å². The second kappa shape index (κ2) is 6.25. The first-order valence-electron chi connectivity index (χ1n) is 9.39. The topological polar surface area (TPSA) is 0 Å². The van der Waals surface area contributed by atoms with E-state index in [1.165, 1.54) is 45.5 Å². The van der Waals surface area contributed by atoms with Crippen LogP contribution in [0.2, 0.25) is 0 Å². The summed E-state index contributed by atoms with van der Waals surface area (Å²) in [6.07, 6.45) is 2.42. The Labute approximate surface area is 163 Å². The largest absolute Gasteiger partial charge is 0.0622 e. The van der Waals surface area contributed by atoms with Gasteiger partial charge in [0.1, 0.15) is 0 Å². The van der Waals surface area contributed by atoms with E-state index in [1.807, 2.05) is 0 Å². The molecule has 2 atom stereocenters. The van der Waals surface area contributed by atoms with Gasteiger partial charge in [0.25, 0.3) is 0 Å². The van der Waals surface area contributed by atoms with Crippen molar-refractivity contribution in [1.29, 1.82) is 0 Å². The van der Waals surface area contributed by atoms with Gasteiger partial charge in [-0.05, 0) is 69.1 Å². The molecule has 0 fully saturated rings. The van der Waals surface area contributed by atoms with Crippen molar-refractivity contribution in [2.24, 2.45) is 5.92 Å². The van der Waals surface area contributed by atoms with E-state index < -0.39 is 0 Å². The maximum Gasteiger partial charge on any atom is 0.0181 e. The van der Waals surface area contributed by atoms with Crippen molar-refractivity contribution in [3.63, 3.8) is 0 Å². The van der Waals surface area contributed by atoms with Crippen LogP contribution < -0.4 is 0 Å². The van der Waals surface area contributed by atoms with E-state index in [0.717, 1.165) is 10.4 Å². The van der Waals surface area contributed by atoms with Crippen molar-refractivity contribution < 1.29 is 0 Å². The highest BCUT2D eigenvalue weighted by Gasteiger charge is 2.27. The van der Waals surface area contributed by atoms with Crippen molar-refractivity contribution >= 4 is 37.5 Å². The van der Waals surface area contributed by atoms with Crippen molar-refractivity contribution in [1.82, 2.24) is 0 Å². The van der Waals surface area contributed by atoms with Crippen LogP contribution in [0.1, 0.15) is 36.0 Å². The smallest absolute Gasteiger partial charge is 0.0181 e. The first kappa shape index (κ1) is 16.1. The Bertz CT molecular complexity index is 1110. The van der Waals surface area contributed by atoms with Gasteiger partial charge < -0.3 is 0 Å². The second-order valence-corrected chi connectivity index (χ2v) is 8.59. The first-order valence-corrected chi connectivity index (χ1v) is 10.2. The molecule has 1 heteroatoms. The molecule has 4 aromatic rings. The highest BCUT2D eigenvalue weighted by atomic mass is 79.9. The summed E-state index contributed by atoms with van der Waals surface area (Å²) in [6.45, 7) is 2.39. The average molecular weight is 401 g/mol. The van der Waals surface area contributed by atoms with Gasteiger partial charge in [0.2, 0.25) is 0 Å². The second-order valence-electron chi connectivity index (χ2n) is 7.67. The summed E-state index contributed by atoms with van der Waals surface area (Å²) < 4.78 is 1.14. The molecule has 0 aromatic heterocycles. The molecule has 0 heterocycles. The number of benzene rings is 4. The van der Waals surface area contributed by atoms with E-state index in [0.29, 0.717) is 5.92 Å². The van der Waals surface area contributed by atoms with E-state index in [4.69, 9.17) is 0 Å². The third kappa shape index (κ3) is 2.57. The molecular formula is C25H21Br. The van der Waals surface area contributed by atoms with Gasteiger partial charge in [0.15, 0.2) is 0 Å². The maximum atomic E-state index is 3.60. The number of halogens is 1. The van der Waals surface area contributed by atoms with Crippen LogP contribution in [-0.4, -0.2) is 0 Å². The van der Waals surface area contributed by atoms with Crippen molar-refractivity contribution in [2.45, 2.75) is 25.7 Å². The van der Waals surface area contributed by atoms with Crippen molar-refractivity contribution in [3.05, 3.63) is 94.0 Å². The van der Waals surface area contributed by atoms with Crippen LogP contribution in [0.3, 0.4) is 0 Å². The lowest BCUT2D eigenvalue weighted by Crippen LogP contribution is -2.18. The summed E-state index contributed by atoms with van der Waals surface area (Å²) in [4.78, 5) is 0. The Hall–Kier alpha value is -2.12. The van der Waals surface area contributed by atoms with Crippen LogP contribution in [0, 0.1) is 5.92 Å². The summed E-state index contributed by atoms with van der Waals surface area (Å²) in [5, 5.41) is 5.45. The average Bonchev–Trinajstić information content (AvgIpc) is 2.67. The SMILES string of the molecule is CC1Cc2ccc3c(ccc4cc(Br)ccc43)c2C(c2ccccc2)C1. The van der Waals surface area contributed by atoms with E-state index in [9.17, 15) is 0 Å². The lowest BCUT2D eigenvalue weighted by Gasteiger charge is -2.31. The van der Waals surface area contributed by atoms with E-state index in [1.54, 1.807) is 5.56 Å². The molecule has 128 valence electrons. The van der Waals surface area contributed by atoms with Crippen LogP contribution in [0.25, 0.3) is 21.5 Å². The summed E-state index contributed by atoms with van der Waals surface area (Å²) in [6, 6.07) is 27.0. The number of hydrogen-bond donors (Lipinski definition) is 0. The monoisotopic (exact) mass is 400 g/mol. The molecule has 0 nitrogen and oxygen atoms in total. The molecule has 1 aliphatic carbocycles. The van der Waals surface area contributed by atoms with Gasteiger partial charge in [-0.15, -0.1) is 0 Å². The molecule has 0 radical (unpaired) electrons. The zero-order chi connectivity index (χ0) is 17.7. The van der Waals surface area contributed by atoms with Crippen LogP contribution in [0.5, 0.6) is 0 Å². The van der Waals surface area contributed by atoms with Gasteiger partial charge >= 0.3 is 0 Å². The molecule has 5 rings (SSSR count). The Kier molecular flexibility index (Phi) is 3.86. The van der Waals surface area contributed by atoms with Gasteiger partial charge in [0, 0.05) is 10.4 Å². The van der Waals surface area contributed by atoms with Gasteiger partial charge in [-0.25, -0.2) is 0 Å². The molecule has 0 amide bonds. The summed E-state index contributed by atoms with van der Waals surface area (Å²) in [7, 11) is 0. The predicted octanol–water partition coefficient (Wildman–Crippen LogP) is 7.47. The number of hydrogen-bond acceptors (Lipinski definition) is 0. The Morgan fingerprint density at radius 1 is 0.808 bits per heavy atom. The molecule has 1 aliphatic rings. The van der Waals surface area contributed by atoms with Gasteiger partial charge in [-0.2, -0.15) is 0 Å². The molecule has 0 aliphatic heterocycles. The lowest BCUT2D eigenvalue weighted by molar-refractivity contribution is 0.467. The fourth-order valence-electron chi connectivity index (χ4n) is 4.74. The Balaban J connectivity index is 1.82. The lowest BCUT2D eigenvalue weighted by atomic mass is 9.72. The standard InChI is InChI=1S/C25H21Br/c1-16-13-19-8-10-22-21-12-9-20(26)15-18(21)7-11-23(22)25(19)24(14-16)17-5-3-2-4-6-17/h2-12,15-16,24H,13-14H2,1H3. The van der Waals surface area contributed by atoms with Gasteiger partial charge in [-0.1, -0.05) is 83.5 Å². The molecule has 0 saturated carbocycles. The minimum Gasteiger partial charge on any atom is -0.0622 e. The molecule has 0 spiro atoms. The first-order chi connectivity index (χ1) is 12.7. The molecule has 0 saturated heterocycles. The zero-order valence-electron chi connectivity index (χ0n) is 14.9. The number of rotatable bonds is 1. The summed E-state index contributed by atoms with van der Waals surface area (Å²) in [5.74, 6) is 1.22. The molecule has 4 aromatic carbocycles. The van der Waals surface area contributed by atoms with Gasteiger partial charge in [0.05, 0.1) is 0 Å². The molecule has 0 bridgehead atoms. The molecule has 0 N–H and O–H groups in total. The maximum absolute atomic E-state index is 3.60. The molecule has 2 unspecified atom stereocenters. The highest BCUT2D eigenvalue weighted by Crippen LogP contribution is 2.44. The third-order valence-corrected chi connectivity index (χ3v) is 6.36. The summed E-state index contributed by atoms with van der Waals surface area (Å²) >= 11 is 3.60. The van der Waals surface area contributed by atoms with Crippen LogP contribution in [0.4, 0.5) is 0 Å². The molecular weight excluding hydrogens is 380 g/mol. The van der Waals surface area contributed by atoms with E-state index >= 15 is 0 Å². The van der Waals surface area contributed by atoms with E-state index in [-0.39, 0.29) is 0 Å². The van der Waals surface area contributed by atoms with Crippen LogP contribution in [0.15, 0.2) is 77.3 Å². The zero-order valence-corrected chi connectivity index (χ0v) is 16.5. The summed E-state index contributed by atoms with van der Waals surface area (Å²) in [5.41, 5.74) is 4.53. The fraction of sp³-hybridized carbons (Fsp3) is 0.200. The normalized spacial score (nSPS) is 19.6. The third-order valence-electron chi connectivity index (χ3n) is 5.87. The van der Waals surface area contributed by atoms with Crippen LogP contribution >= 0.6 is 15.9 Å². The van der Waals surface area contributed by atoms with Crippen molar-refractivity contribution in [2.75, 3.05) is 0 Å². The Morgan fingerprint density at radius 2 is 1.58 bits per heavy atom.